The van der Waals surface area contributed by atoms with E-state index < -0.39 is 0 Å². The number of hydrogen-bond acceptors (Lipinski definition) is 3. The molecule has 2 N–H and O–H groups in total. The minimum absolute atomic E-state index is 0.493. The summed E-state index contributed by atoms with van der Waals surface area (Å²) >= 11 is 5.79. The molecule has 1 aromatic heterocycles. The summed E-state index contributed by atoms with van der Waals surface area (Å²) in [7, 11) is 1.75. The van der Waals surface area contributed by atoms with Crippen molar-refractivity contribution in [3.8, 4) is 5.75 Å². The van der Waals surface area contributed by atoms with Crippen molar-refractivity contribution in [2.24, 2.45) is 4.99 Å². The SMILES string of the molecule is CN=C(NCCCOc1ccc2ccccc2c1)NCc1ccc(Cl)nc1. The van der Waals surface area contributed by atoms with E-state index in [9.17, 15) is 0 Å². The first kappa shape index (κ1) is 19.0. The average Bonchev–Trinajstić information content (AvgIpc) is 2.71. The molecule has 0 bridgehead atoms. The summed E-state index contributed by atoms with van der Waals surface area (Å²) in [5.74, 6) is 1.64. The summed E-state index contributed by atoms with van der Waals surface area (Å²) in [6.07, 6.45) is 2.62. The zero-order chi connectivity index (χ0) is 18.9. The molecular formula is C21H23ClN4O. The van der Waals surface area contributed by atoms with Crippen molar-refractivity contribution < 1.29 is 4.74 Å². The minimum atomic E-state index is 0.493. The molecule has 0 saturated carbocycles. The third kappa shape index (κ3) is 5.86. The van der Waals surface area contributed by atoms with Crippen LogP contribution >= 0.6 is 11.6 Å². The smallest absolute Gasteiger partial charge is 0.191 e. The second-order valence-electron chi connectivity index (χ2n) is 6.05. The molecule has 6 heteroatoms. The second-order valence-corrected chi connectivity index (χ2v) is 6.44. The van der Waals surface area contributed by atoms with Gasteiger partial charge in [0, 0.05) is 26.3 Å². The normalized spacial score (nSPS) is 11.4. The van der Waals surface area contributed by atoms with Crippen LogP contribution < -0.4 is 15.4 Å². The van der Waals surface area contributed by atoms with E-state index in [2.05, 4.69) is 44.9 Å². The molecule has 0 radical (unpaired) electrons. The number of aromatic nitrogens is 1. The molecular weight excluding hydrogens is 360 g/mol. The van der Waals surface area contributed by atoms with Gasteiger partial charge < -0.3 is 15.4 Å². The summed E-state index contributed by atoms with van der Waals surface area (Å²) in [6.45, 7) is 2.05. The Morgan fingerprint density at radius 1 is 1.07 bits per heavy atom. The van der Waals surface area contributed by atoms with Gasteiger partial charge in [-0.2, -0.15) is 0 Å². The van der Waals surface area contributed by atoms with E-state index >= 15 is 0 Å². The lowest BCUT2D eigenvalue weighted by Gasteiger charge is -2.12. The molecule has 0 aliphatic carbocycles. The zero-order valence-electron chi connectivity index (χ0n) is 15.3. The number of nitrogens with one attached hydrogen (secondary N) is 2. The second kappa shape index (κ2) is 9.78. The average molecular weight is 383 g/mol. The van der Waals surface area contributed by atoms with Crippen molar-refractivity contribution in [3.05, 3.63) is 71.5 Å². The molecule has 3 aromatic rings. The van der Waals surface area contributed by atoms with Crippen molar-refractivity contribution >= 4 is 28.3 Å². The standard InChI is InChI=1S/C21H23ClN4O/c1-23-21(26-15-16-7-10-20(22)25-14-16)24-11-4-12-27-19-9-8-17-5-2-3-6-18(17)13-19/h2-3,5-10,13-14H,4,11-12,15H2,1H3,(H2,23,24,26). The van der Waals surface area contributed by atoms with Gasteiger partial charge in [-0.15, -0.1) is 0 Å². The number of pyridine rings is 1. The highest BCUT2D eigenvalue weighted by Gasteiger charge is 2.00. The summed E-state index contributed by atoms with van der Waals surface area (Å²) in [4.78, 5) is 8.28. The highest BCUT2D eigenvalue weighted by molar-refractivity contribution is 6.29. The van der Waals surface area contributed by atoms with Gasteiger partial charge in [0.15, 0.2) is 5.96 Å². The Morgan fingerprint density at radius 2 is 1.93 bits per heavy atom. The Morgan fingerprint density at radius 3 is 2.70 bits per heavy atom. The highest BCUT2D eigenvalue weighted by Crippen LogP contribution is 2.20. The zero-order valence-corrected chi connectivity index (χ0v) is 16.0. The molecule has 0 atom stereocenters. The molecule has 27 heavy (non-hydrogen) atoms. The predicted molar refractivity (Wildman–Crippen MR) is 112 cm³/mol. The van der Waals surface area contributed by atoms with E-state index in [1.165, 1.54) is 10.8 Å². The fourth-order valence-electron chi connectivity index (χ4n) is 2.64. The van der Waals surface area contributed by atoms with E-state index in [1.54, 1.807) is 19.3 Å². The van der Waals surface area contributed by atoms with Crippen LogP contribution in [0.5, 0.6) is 5.75 Å². The Labute approximate surface area is 164 Å². The van der Waals surface area contributed by atoms with Gasteiger partial charge in [0.05, 0.1) is 6.61 Å². The monoisotopic (exact) mass is 382 g/mol. The van der Waals surface area contributed by atoms with Gasteiger partial charge in [0.2, 0.25) is 0 Å². The van der Waals surface area contributed by atoms with Crippen LogP contribution in [0.3, 0.4) is 0 Å². The maximum atomic E-state index is 5.85. The number of hydrogen-bond donors (Lipinski definition) is 2. The highest BCUT2D eigenvalue weighted by atomic mass is 35.5. The molecule has 0 amide bonds. The minimum Gasteiger partial charge on any atom is -0.494 e. The molecule has 140 valence electrons. The van der Waals surface area contributed by atoms with Crippen molar-refractivity contribution in [2.45, 2.75) is 13.0 Å². The first-order valence-corrected chi connectivity index (χ1v) is 9.29. The lowest BCUT2D eigenvalue weighted by molar-refractivity contribution is 0.311. The maximum Gasteiger partial charge on any atom is 0.191 e. The Balaban J connectivity index is 1.37. The molecule has 0 aliphatic heterocycles. The molecule has 2 aromatic carbocycles. The van der Waals surface area contributed by atoms with Gasteiger partial charge in [-0.3, -0.25) is 4.99 Å². The van der Waals surface area contributed by atoms with Gasteiger partial charge in [-0.25, -0.2) is 4.98 Å². The van der Waals surface area contributed by atoms with Crippen molar-refractivity contribution in [1.82, 2.24) is 15.6 Å². The topological polar surface area (TPSA) is 58.5 Å². The molecule has 0 saturated heterocycles. The summed E-state index contributed by atoms with van der Waals surface area (Å²) in [5, 5.41) is 9.43. The van der Waals surface area contributed by atoms with Crippen molar-refractivity contribution in [3.63, 3.8) is 0 Å². The van der Waals surface area contributed by atoms with Crippen LogP contribution in [-0.2, 0) is 6.54 Å². The first-order chi connectivity index (χ1) is 13.2. The number of aliphatic imine (C=N–C) groups is 1. The van der Waals surface area contributed by atoms with E-state index in [4.69, 9.17) is 16.3 Å². The number of ether oxygens (including phenoxy) is 1. The van der Waals surface area contributed by atoms with Crippen LogP contribution in [0.4, 0.5) is 0 Å². The molecule has 1 heterocycles. The molecule has 0 spiro atoms. The van der Waals surface area contributed by atoms with E-state index in [1.807, 2.05) is 24.3 Å². The summed E-state index contributed by atoms with van der Waals surface area (Å²) < 4.78 is 5.85. The van der Waals surface area contributed by atoms with Gasteiger partial charge in [0.25, 0.3) is 0 Å². The van der Waals surface area contributed by atoms with Crippen LogP contribution in [0, 0.1) is 0 Å². The molecule has 0 aliphatic rings. The van der Waals surface area contributed by atoms with Crippen molar-refractivity contribution in [1.29, 1.82) is 0 Å². The third-order valence-corrected chi connectivity index (χ3v) is 4.30. The van der Waals surface area contributed by atoms with Gasteiger partial charge in [0.1, 0.15) is 10.9 Å². The number of rotatable bonds is 7. The fourth-order valence-corrected chi connectivity index (χ4v) is 2.76. The van der Waals surface area contributed by atoms with Gasteiger partial charge in [-0.1, -0.05) is 48.0 Å². The number of benzene rings is 2. The van der Waals surface area contributed by atoms with Crippen LogP contribution in [0.2, 0.25) is 5.15 Å². The summed E-state index contributed by atoms with van der Waals surface area (Å²) in [5.41, 5.74) is 1.04. The third-order valence-electron chi connectivity index (χ3n) is 4.08. The van der Waals surface area contributed by atoms with E-state index in [0.717, 1.165) is 30.2 Å². The van der Waals surface area contributed by atoms with Crippen LogP contribution in [0.25, 0.3) is 10.8 Å². The van der Waals surface area contributed by atoms with E-state index in [-0.39, 0.29) is 0 Å². The Bertz CT molecular complexity index is 896. The largest absolute Gasteiger partial charge is 0.494 e. The predicted octanol–water partition coefficient (Wildman–Crippen LogP) is 4.02. The molecule has 0 unspecified atom stereocenters. The number of guanidine groups is 1. The molecule has 3 rings (SSSR count). The van der Waals surface area contributed by atoms with Crippen LogP contribution in [-0.4, -0.2) is 31.1 Å². The van der Waals surface area contributed by atoms with E-state index in [0.29, 0.717) is 18.3 Å². The maximum absolute atomic E-state index is 5.85. The van der Waals surface area contributed by atoms with Gasteiger partial charge >= 0.3 is 0 Å². The first-order valence-electron chi connectivity index (χ1n) is 8.91. The molecule has 5 nitrogen and oxygen atoms in total. The lowest BCUT2D eigenvalue weighted by Crippen LogP contribution is -2.37. The lowest BCUT2D eigenvalue weighted by atomic mass is 10.1. The van der Waals surface area contributed by atoms with Crippen molar-refractivity contribution in [2.75, 3.05) is 20.2 Å². The number of halogens is 1. The Kier molecular flexibility index (Phi) is 6.88. The van der Waals surface area contributed by atoms with Crippen LogP contribution in [0.1, 0.15) is 12.0 Å². The number of nitrogens with zero attached hydrogens (tertiary/aromatic N) is 2. The van der Waals surface area contributed by atoms with Crippen LogP contribution in [0.15, 0.2) is 65.8 Å². The molecule has 0 fully saturated rings. The Hall–Kier alpha value is -2.79. The fraction of sp³-hybridized carbons (Fsp3) is 0.238. The number of fused-ring (bicyclic) bond motifs is 1. The van der Waals surface area contributed by atoms with Gasteiger partial charge in [-0.05, 0) is 41.0 Å². The summed E-state index contributed by atoms with van der Waals surface area (Å²) in [6, 6.07) is 18.1. The quantitative estimate of drug-likeness (QED) is 0.280.